The zero-order valence-electron chi connectivity index (χ0n) is 22.4. The van der Waals surface area contributed by atoms with Gasteiger partial charge in [0.1, 0.15) is 5.82 Å². The van der Waals surface area contributed by atoms with Gasteiger partial charge in [-0.1, -0.05) is 18.2 Å². The second kappa shape index (κ2) is 11.7. The molecule has 0 saturated carbocycles. The van der Waals surface area contributed by atoms with Crippen LogP contribution in [-0.2, 0) is 6.42 Å². The zero-order valence-corrected chi connectivity index (χ0v) is 22.4. The number of hydrogen-bond acceptors (Lipinski definition) is 5. The minimum Gasteiger partial charge on any atom is -0.322 e. The van der Waals surface area contributed by atoms with E-state index in [9.17, 15) is 4.79 Å². The minimum atomic E-state index is -0.118. The number of hydrogen-bond donors (Lipinski definition) is 1. The van der Waals surface area contributed by atoms with Crippen LogP contribution in [0.4, 0.5) is 5.69 Å². The average Bonchev–Trinajstić information content (AvgIpc) is 2.95. The Labute approximate surface area is 225 Å². The summed E-state index contributed by atoms with van der Waals surface area (Å²) in [5, 5.41) is 3.07. The van der Waals surface area contributed by atoms with Crippen molar-refractivity contribution < 1.29 is 4.79 Å². The van der Waals surface area contributed by atoms with Gasteiger partial charge in [-0.05, 0) is 105 Å². The van der Waals surface area contributed by atoms with Gasteiger partial charge in [0.15, 0.2) is 0 Å². The average molecular weight is 506 g/mol. The largest absolute Gasteiger partial charge is 0.322 e. The fourth-order valence-electron chi connectivity index (χ4n) is 5.12. The highest BCUT2D eigenvalue weighted by atomic mass is 16.1. The van der Waals surface area contributed by atoms with Crippen LogP contribution in [0.15, 0.2) is 79.3 Å². The van der Waals surface area contributed by atoms with E-state index >= 15 is 0 Å². The normalized spacial score (nSPS) is 15.9. The highest BCUT2D eigenvalue weighted by molar-refractivity contribution is 6.04. The van der Waals surface area contributed by atoms with Crippen LogP contribution in [0.5, 0.6) is 0 Å². The molecular weight excluding hydrogens is 470 g/mol. The second-order valence-corrected chi connectivity index (χ2v) is 10.4. The Morgan fingerprint density at radius 2 is 1.92 bits per heavy atom. The highest BCUT2D eigenvalue weighted by Gasteiger charge is 2.23. The van der Waals surface area contributed by atoms with Crippen LogP contribution in [-0.4, -0.2) is 44.9 Å². The Morgan fingerprint density at radius 1 is 1.08 bits per heavy atom. The first-order valence-corrected chi connectivity index (χ1v) is 13.4. The van der Waals surface area contributed by atoms with Gasteiger partial charge in [-0.2, -0.15) is 0 Å². The van der Waals surface area contributed by atoms with Crippen molar-refractivity contribution in [2.24, 2.45) is 0 Å². The molecule has 6 heteroatoms. The van der Waals surface area contributed by atoms with Crippen molar-refractivity contribution >= 4 is 11.6 Å². The smallest absolute Gasteiger partial charge is 0.255 e. The third-order valence-corrected chi connectivity index (χ3v) is 7.45. The number of anilines is 1. The first-order chi connectivity index (χ1) is 18.5. The van der Waals surface area contributed by atoms with Gasteiger partial charge in [-0.15, -0.1) is 0 Å². The van der Waals surface area contributed by atoms with Crippen molar-refractivity contribution in [1.82, 2.24) is 19.9 Å². The molecule has 6 nitrogen and oxygen atoms in total. The molecule has 2 aromatic heterocycles. The minimum absolute atomic E-state index is 0.118. The molecule has 1 fully saturated rings. The standard InChI is InChI=1S/C32H35N5O/c1-22(2)37-17-5-7-27(21-37)24-10-12-29(13-11-24)35-32(38)25-9-8-23(3)28(18-25)19-31-34-16-14-30(36-31)26-6-4-15-33-20-26/h4,6,8-16,18,20,22,27H,5,7,17,19,21H2,1-3H3,(H,35,38). The Balaban J connectivity index is 1.26. The number of aryl methyl sites for hydroxylation is 1. The molecule has 1 amide bonds. The number of amides is 1. The molecule has 1 aliphatic heterocycles. The van der Waals surface area contributed by atoms with E-state index in [0.717, 1.165) is 34.6 Å². The summed E-state index contributed by atoms with van der Waals surface area (Å²) in [7, 11) is 0. The highest BCUT2D eigenvalue weighted by Crippen LogP contribution is 2.29. The third kappa shape index (κ3) is 6.14. The van der Waals surface area contributed by atoms with E-state index in [0.29, 0.717) is 29.8 Å². The van der Waals surface area contributed by atoms with Crippen LogP contribution in [0.25, 0.3) is 11.3 Å². The van der Waals surface area contributed by atoms with Crippen molar-refractivity contribution in [3.8, 4) is 11.3 Å². The van der Waals surface area contributed by atoms with E-state index in [1.54, 1.807) is 18.6 Å². The van der Waals surface area contributed by atoms with Gasteiger partial charge in [0.25, 0.3) is 5.91 Å². The Bertz CT molecular complexity index is 1380. The van der Waals surface area contributed by atoms with E-state index in [1.165, 1.54) is 24.9 Å². The van der Waals surface area contributed by atoms with Gasteiger partial charge in [-0.25, -0.2) is 9.97 Å². The number of likely N-dealkylation sites (tertiary alicyclic amines) is 1. The lowest BCUT2D eigenvalue weighted by atomic mass is 9.90. The van der Waals surface area contributed by atoms with E-state index in [-0.39, 0.29) is 5.91 Å². The number of benzene rings is 2. The monoisotopic (exact) mass is 505 g/mol. The maximum atomic E-state index is 13.1. The molecule has 194 valence electrons. The number of carbonyl (C=O) groups is 1. The molecule has 1 saturated heterocycles. The van der Waals surface area contributed by atoms with Gasteiger partial charge < -0.3 is 10.2 Å². The summed E-state index contributed by atoms with van der Waals surface area (Å²) in [5.41, 5.74) is 6.70. The Morgan fingerprint density at radius 3 is 2.68 bits per heavy atom. The van der Waals surface area contributed by atoms with Crippen LogP contribution in [0.2, 0.25) is 0 Å². The summed E-state index contributed by atoms with van der Waals surface area (Å²) in [6.45, 7) is 8.87. The van der Waals surface area contributed by atoms with Crippen LogP contribution < -0.4 is 5.32 Å². The fourth-order valence-corrected chi connectivity index (χ4v) is 5.12. The number of pyridine rings is 1. The first kappa shape index (κ1) is 25.7. The van der Waals surface area contributed by atoms with E-state index in [2.05, 4.69) is 46.2 Å². The number of nitrogens with one attached hydrogen (secondary N) is 1. The lowest BCUT2D eigenvalue weighted by Crippen LogP contribution is -2.39. The predicted molar refractivity (Wildman–Crippen MR) is 152 cm³/mol. The molecule has 1 N–H and O–H groups in total. The van der Waals surface area contributed by atoms with Crippen molar-refractivity contribution in [2.75, 3.05) is 18.4 Å². The van der Waals surface area contributed by atoms with Crippen LogP contribution in [0, 0.1) is 6.92 Å². The number of nitrogens with zero attached hydrogens (tertiary/aromatic N) is 4. The van der Waals surface area contributed by atoms with E-state index in [4.69, 9.17) is 4.98 Å². The topological polar surface area (TPSA) is 71.0 Å². The maximum absolute atomic E-state index is 13.1. The lowest BCUT2D eigenvalue weighted by Gasteiger charge is -2.35. The molecule has 1 unspecified atom stereocenters. The summed E-state index contributed by atoms with van der Waals surface area (Å²) in [4.78, 5) is 29.1. The molecule has 4 aromatic rings. The summed E-state index contributed by atoms with van der Waals surface area (Å²) < 4.78 is 0. The molecule has 0 aliphatic carbocycles. The fraction of sp³-hybridized carbons (Fsp3) is 0.312. The van der Waals surface area contributed by atoms with Gasteiger partial charge >= 0.3 is 0 Å². The lowest BCUT2D eigenvalue weighted by molar-refractivity contribution is 0.102. The van der Waals surface area contributed by atoms with Crippen molar-refractivity contribution in [3.05, 3.63) is 107 Å². The van der Waals surface area contributed by atoms with Crippen molar-refractivity contribution in [2.45, 2.75) is 52.0 Å². The zero-order chi connectivity index (χ0) is 26.5. The van der Waals surface area contributed by atoms with Crippen LogP contribution in [0.3, 0.4) is 0 Å². The predicted octanol–water partition coefficient (Wildman–Crippen LogP) is 6.28. The first-order valence-electron chi connectivity index (χ1n) is 13.4. The molecule has 0 radical (unpaired) electrons. The maximum Gasteiger partial charge on any atom is 0.255 e. The molecule has 38 heavy (non-hydrogen) atoms. The summed E-state index contributed by atoms with van der Waals surface area (Å²) >= 11 is 0. The molecule has 0 bridgehead atoms. The summed E-state index contributed by atoms with van der Waals surface area (Å²) in [5.74, 6) is 1.14. The molecule has 3 heterocycles. The molecule has 2 aromatic carbocycles. The Kier molecular flexibility index (Phi) is 7.89. The molecule has 0 spiro atoms. The SMILES string of the molecule is Cc1ccc(C(=O)Nc2ccc(C3CCCN(C(C)C)C3)cc2)cc1Cc1nccc(-c2cccnc2)n1. The third-order valence-electron chi connectivity index (χ3n) is 7.45. The Hall–Kier alpha value is -3.90. The van der Waals surface area contributed by atoms with Crippen molar-refractivity contribution in [1.29, 1.82) is 0 Å². The summed E-state index contributed by atoms with van der Waals surface area (Å²) in [6, 6.07) is 20.5. The number of aromatic nitrogens is 3. The molecular formula is C32H35N5O. The molecule has 1 atom stereocenters. The number of carbonyl (C=O) groups excluding carboxylic acids is 1. The van der Waals surface area contributed by atoms with Crippen LogP contribution >= 0.6 is 0 Å². The summed E-state index contributed by atoms with van der Waals surface area (Å²) in [6.07, 6.45) is 8.31. The molecule has 5 rings (SSSR count). The number of piperidine rings is 1. The second-order valence-electron chi connectivity index (χ2n) is 10.4. The van der Waals surface area contributed by atoms with Crippen LogP contribution in [0.1, 0.15) is 65.5 Å². The van der Waals surface area contributed by atoms with Gasteiger partial charge in [0.2, 0.25) is 0 Å². The molecule has 1 aliphatic rings. The van der Waals surface area contributed by atoms with Gasteiger partial charge in [-0.3, -0.25) is 9.78 Å². The quantitative estimate of drug-likeness (QED) is 0.320. The van der Waals surface area contributed by atoms with E-state index in [1.807, 2.05) is 55.5 Å². The van der Waals surface area contributed by atoms with Gasteiger partial charge in [0, 0.05) is 54.4 Å². The van der Waals surface area contributed by atoms with Crippen molar-refractivity contribution in [3.63, 3.8) is 0 Å². The van der Waals surface area contributed by atoms with Gasteiger partial charge in [0.05, 0.1) is 5.69 Å². The van der Waals surface area contributed by atoms with E-state index < -0.39 is 0 Å². The number of rotatable bonds is 7.